The lowest BCUT2D eigenvalue weighted by Crippen LogP contribution is -2.41. The van der Waals surface area contributed by atoms with Crippen molar-refractivity contribution in [3.8, 4) is 5.75 Å². The number of alkyl halides is 3. The Hall–Kier alpha value is -3.53. The van der Waals surface area contributed by atoms with Gasteiger partial charge in [-0.25, -0.2) is 9.59 Å². The topological polar surface area (TPSA) is 70.0 Å². The van der Waals surface area contributed by atoms with E-state index in [-0.39, 0.29) is 19.4 Å². The van der Waals surface area contributed by atoms with Crippen LogP contribution < -0.4 is 4.74 Å². The van der Waals surface area contributed by atoms with Gasteiger partial charge in [0.15, 0.2) is 0 Å². The molecule has 2 heterocycles. The predicted molar refractivity (Wildman–Crippen MR) is 145 cm³/mol. The molecule has 10 heteroatoms. The predicted octanol–water partition coefficient (Wildman–Crippen LogP) is 7.04. The second-order valence-corrected chi connectivity index (χ2v) is 11.2. The Kier molecular flexibility index (Phi) is 8.21. The summed E-state index contributed by atoms with van der Waals surface area (Å²) >= 11 is 0. The number of methoxy groups -OCH3 is 2. The van der Waals surface area contributed by atoms with E-state index in [1.54, 1.807) is 58.3 Å². The van der Waals surface area contributed by atoms with Crippen LogP contribution in [0.5, 0.6) is 5.75 Å². The number of benzene rings is 2. The van der Waals surface area contributed by atoms with Gasteiger partial charge in [-0.15, -0.1) is 0 Å². The first-order valence-electron chi connectivity index (χ1n) is 13.1. The van der Waals surface area contributed by atoms with Crippen LogP contribution in [0.15, 0.2) is 42.6 Å². The summed E-state index contributed by atoms with van der Waals surface area (Å²) in [5, 5.41) is 0.764. The van der Waals surface area contributed by atoms with Gasteiger partial charge in [0.1, 0.15) is 11.4 Å². The number of rotatable bonds is 5. The second kappa shape index (κ2) is 11.2. The van der Waals surface area contributed by atoms with Crippen LogP contribution >= 0.6 is 0 Å². The average molecular weight is 561 g/mol. The molecule has 216 valence electrons. The Morgan fingerprint density at radius 3 is 2.30 bits per heavy atom. The summed E-state index contributed by atoms with van der Waals surface area (Å²) in [6, 6.07) is 9.60. The smallest absolute Gasteiger partial charge is 0.419 e. The molecule has 2 aromatic carbocycles. The molecule has 0 bridgehead atoms. The van der Waals surface area contributed by atoms with Crippen LogP contribution in [0.4, 0.5) is 18.0 Å². The molecule has 7 nitrogen and oxygen atoms in total. The summed E-state index contributed by atoms with van der Waals surface area (Å²) in [5.41, 5.74) is 2.55. The first-order chi connectivity index (χ1) is 18.7. The molecule has 1 aliphatic rings. The van der Waals surface area contributed by atoms with Crippen LogP contribution in [0.25, 0.3) is 10.9 Å². The second-order valence-electron chi connectivity index (χ2n) is 11.2. The summed E-state index contributed by atoms with van der Waals surface area (Å²) in [4.78, 5) is 26.9. The van der Waals surface area contributed by atoms with Gasteiger partial charge in [0, 0.05) is 29.7 Å². The molecule has 4 rings (SSSR count). The van der Waals surface area contributed by atoms with E-state index < -0.39 is 35.8 Å². The Morgan fingerprint density at radius 1 is 1.05 bits per heavy atom. The van der Waals surface area contributed by atoms with Crippen molar-refractivity contribution in [1.29, 1.82) is 0 Å². The molecular formula is C30H35F3N2O5. The van der Waals surface area contributed by atoms with E-state index in [1.165, 1.54) is 11.7 Å². The molecule has 0 saturated carbocycles. The van der Waals surface area contributed by atoms with Crippen LogP contribution in [-0.2, 0) is 16.0 Å². The molecule has 0 radical (unpaired) electrons. The Morgan fingerprint density at radius 2 is 1.73 bits per heavy atom. The lowest BCUT2D eigenvalue weighted by atomic mass is 9.86. The van der Waals surface area contributed by atoms with Crippen LogP contribution in [-0.4, -0.2) is 54.1 Å². The molecule has 1 aromatic heterocycles. The maximum absolute atomic E-state index is 13.8. The number of piperidine rings is 1. The van der Waals surface area contributed by atoms with Crippen molar-refractivity contribution in [2.75, 3.05) is 20.8 Å². The Balaban J connectivity index is 1.75. The molecule has 1 aliphatic heterocycles. The molecule has 2 atom stereocenters. The summed E-state index contributed by atoms with van der Waals surface area (Å²) in [7, 11) is 2.83. The van der Waals surface area contributed by atoms with Gasteiger partial charge >= 0.3 is 18.2 Å². The van der Waals surface area contributed by atoms with Gasteiger partial charge < -0.3 is 14.2 Å². The van der Waals surface area contributed by atoms with Crippen molar-refractivity contribution in [1.82, 2.24) is 9.47 Å². The molecule has 0 N–H and O–H groups in total. The highest BCUT2D eigenvalue weighted by Gasteiger charge is 2.44. The van der Waals surface area contributed by atoms with E-state index in [0.717, 1.165) is 16.5 Å². The Labute approximate surface area is 231 Å². The molecule has 2 unspecified atom stereocenters. The van der Waals surface area contributed by atoms with Crippen LogP contribution in [0.2, 0.25) is 0 Å². The van der Waals surface area contributed by atoms with E-state index in [9.17, 15) is 22.8 Å². The van der Waals surface area contributed by atoms with Gasteiger partial charge in [-0.2, -0.15) is 13.2 Å². The summed E-state index contributed by atoms with van der Waals surface area (Å²) in [6.07, 6.45) is -3.33. The van der Waals surface area contributed by atoms with E-state index in [2.05, 4.69) is 0 Å². The van der Waals surface area contributed by atoms with Crippen LogP contribution in [0, 0.1) is 12.8 Å². The largest absolute Gasteiger partial charge is 0.496 e. The normalized spacial score (nSPS) is 18.5. The van der Waals surface area contributed by atoms with Gasteiger partial charge in [-0.1, -0.05) is 12.1 Å². The summed E-state index contributed by atoms with van der Waals surface area (Å²) in [5.74, 6) is -1.37. The first kappa shape index (κ1) is 29.5. The fourth-order valence-corrected chi connectivity index (χ4v) is 5.38. The van der Waals surface area contributed by atoms with Gasteiger partial charge in [0.05, 0.1) is 31.2 Å². The van der Waals surface area contributed by atoms with E-state index in [0.29, 0.717) is 28.9 Å². The van der Waals surface area contributed by atoms with Crippen molar-refractivity contribution in [2.24, 2.45) is 5.92 Å². The third-order valence-electron chi connectivity index (χ3n) is 7.29. The third kappa shape index (κ3) is 6.11. The monoisotopic (exact) mass is 560 g/mol. The van der Waals surface area contributed by atoms with Crippen molar-refractivity contribution < 1.29 is 37.0 Å². The van der Waals surface area contributed by atoms with Gasteiger partial charge in [-0.05, 0) is 82.5 Å². The molecule has 1 saturated heterocycles. The highest BCUT2D eigenvalue weighted by atomic mass is 19.4. The van der Waals surface area contributed by atoms with Gasteiger partial charge in [0.25, 0.3) is 0 Å². The number of carbonyl (C=O) groups is 2. The van der Waals surface area contributed by atoms with Crippen LogP contribution in [0.1, 0.15) is 66.7 Å². The molecule has 0 amide bonds. The lowest BCUT2D eigenvalue weighted by Gasteiger charge is -2.40. The molecular weight excluding hydrogens is 525 g/mol. The molecule has 0 spiro atoms. The first-order valence-corrected chi connectivity index (χ1v) is 13.1. The van der Waals surface area contributed by atoms with Crippen molar-refractivity contribution in [2.45, 2.75) is 64.9 Å². The number of aromatic nitrogens is 1. The number of halogens is 3. The third-order valence-corrected chi connectivity index (χ3v) is 7.29. The van der Waals surface area contributed by atoms with Gasteiger partial charge in [0.2, 0.25) is 0 Å². The molecule has 40 heavy (non-hydrogen) atoms. The van der Waals surface area contributed by atoms with Crippen molar-refractivity contribution in [3.05, 3.63) is 64.8 Å². The van der Waals surface area contributed by atoms with E-state index in [1.807, 2.05) is 24.0 Å². The Bertz CT molecular complexity index is 1390. The number of hydrogen-bond acceptors (Lipinski definition) is 6. The quantitative estimate of drug-likeness (QED) is 0.312. The number of aryl methyl sites for hydroxylation is 1. The minimum Gasteiger partial charge on any atom is -0.496 e. The SMILES string of the molecule is COC(=O)c1ccc(C2CC(C(F)(F)F)CCN2Cc2c(OC)cc(C)c3c2ccn3C(=O)OC(C)(C)C)cc1. The molecule has 3 aromatic rings. The number of ether oxygens (including phenoxy) is 3. The fourth-order valence-electron chi connectivity index (χ4n) is 5.38. The lowest BCUT2D eigenvalue weighted by molar-refractivity contribution is -0.190. The zero-order valence-corrected chi connectivity index (χ0v) is 23.6. The molecule has 0 aliphatic carbocycles. The van der Waals surface area contributed by atoms with E-state index >= 15 is 0 Å². The fraction of sp³-hybridized carbons (Fsp3) is 0.467. The average Bonchev–Trinajstić information content (AvgIpc) is 3.34. The highest BCUT2D eigenvalue weighted by molar-refractivity contribution is 5.95. The van der Waals surface area contributed by atoms with Gasteiger partial charge in [-0.3, -0.25) is 9.47 Å². The number of likely N-dealkylation sites (tertiary alicyclic amines) is 1. The standard InChI is InChI=1S/C30H35F3N2O5/c1-18-15-25(38-5)23(22-12-14-35(26(18)22)28(37)40-29(2,3)4)17-34-13-11-21(30(31,32)33)16-24(34)19-7-9-20(10-8-19)27(36)39-6/h7-10,12,14-15,21,24H,11,13,16-17H2,1-6H3. The number of fused-ring (bicyclic) bond motifs is 1. The van der Waals surface area contributed by atoms with E-state index in [4.69, 9.17) is 14.2 Å². The highest BCUT2D eigenvalue weighted by Crippen LogP contribution is 2.44. The minimum absolute atomic E-state index is 0.0313. The maximum Gasteiger partial charge on any atom is 0.419 e. The number of hydrogen-bond donors (Lipinski definition) is 0. The number of esters is 1. The van der Waals surface area contributed by atoms with Crippen molar-refractivity contribution >= 4 is 23.0 Å². The van der Waals surface area contributed by atoms with Crippen molar-refractivity contribution in [3.63, 3.8) is 0 Å². The van der Waals surface area contributed by atoms with Crippen LogP contribution in [0.3, 0.4) is 0 Å². The number of carbonyl (C=O) groups excluding carboxylic acids is 2. The zero-order chi connectivity index (χ0) is 29.4. The summed E-state index contributed by atoms with van der Waals surface area (Å²) in [6.45, 7) is 7.75. The maximum atomic E-state index is 13.8. The summed E-state index contributed by atoms with van der Waals surface area (Å²) < 4.78 is 59.0. The molecule has 1 fully saturated rings. The minimum atomic E-state index is -4.31. The number of nitrogens with zero attached hydrogens (tertiary/aromatic N) is 2. The zero-order valence-electron chi connectivity index (χ0n) is 23.6.